The van der Waals surface area contributed by atoms with Gasteiger partial charge in [-0.05, 0) is 37.7 Å². The molecule has 1 nitrogen and oxygen atoms in total. The van der Waals surface area contributed by atoms with Crippen molar-refractivity contribution >= 4 is 0 Å². The quantitative estimate of drug-likeness (QED) is 0.734. The molecule has 1 saturated carbocycles. The molecule has 0 amide bonds. The van der Waals surface area contributed by atoms with Crippen molar-refractivity contribution in [3.05, 3.63) is 35.4 Å². The fourth-order valence-electron chi connectivity index (χ4n) is 1.94. The first-order valence-corrected chi connectivity index (χ1v) is 4.93. The van der Waals surface area contributed by atoms with Gasteiger partial charge in [0.15, 0.2) is 0 Å². The fourth-order valence-corrected chi connectivity index (χ4v) is 1.94. The van der Waals surface area contributed by atoms with Gasteiger partial charge in [-0.3, -0.25) is 0 Å². The van der Waals surface area contributed by atoms with Gasteiger partial charge in [0, 0.05) is 0 Å². The minimum atomic E-state index is -0.147. The minimum absolute atomic E-state index is 0.147. The zero-order valence-corrected chi connectivity index (χ0v) is 8.20. The van der Waals surface area contributed by atoms with Crippen LogP contribution in [0.15, 0.2) is 24.3 Å². The zero-order valence-electron chi connectivity index (χ0n) is 8.20. The number of aliphatic hydroxyl groups is 1. The lowest BCUT2D eigenvalue weighted by Gasteiger charge is -2.03. The number of benzene rings is 1. The van der Waals surface area contributed by atoms with Gasteiger partial charge in [-0.2, -0.15) is 0 Å². The molecule has 1 fully saturated rings. The predicted octanol–water partition coefficient (Wildman–Crippen LogP) is 2.48. The first kappa shape index (κ1) is 8.76. The van der Waals surface area contributed by atoms with Gasteiger partial charge in [-0.1, -0.05) is 29.8 Å². The Morgan fingerprint density at radius 1 is 1.31 bits per heavy atom. The van der Waals surface area contributed by atoms with E-state index in [1.54, 1.807) is 0 Å². The van der Waals surface area contributed by atoms with E-state index in [1.807, 2.05) is 6.92 Å². The summed E-state index contributed by atoms with van der Waals surface area (Å²) in [6.07, 6.45) is 1.01. The van der Waals surface area contributed by atoms with Crippen molar-refractivity contribution in [2.24, 2.45) is 5.92 Å². The van der Waals surface area contributed by atoms with E-state index in [0.717, 1.165) is 6.42 Å². The lowest BCUT2D eigenvalue weighted by atomic mass is 10.1. The Hall–Kier alpha value is -0.820. The predicted molar refractivity (Wildman–Crippen MR) is 53.7 cm³/mol. The van der Waals surface area contributed by atoms with Gasteiger partial charge < -0.3 is 5.11 Å². The second-order valence-corrected chi connectivity index (χ2v) is 4.16. The Morgan fingerprint density at radius 2 is 1.92 bits per heavy atom. The van der Waals surface area contributed by atoms with E-state index in [9.17, 15) is 5.11 Å². The van der Waals surface area contributed by atoms with Crippen molar-refractivity contribution in [2.45, 2.75) is 32.3 Å². The summed E-state index contributed by atoms with van der Waals surface area (Å²) in [5.74, 6) is 1.11. The Morgan fingerprint density at radius 3 is 2.38 bits per heavy atom. The van der Waals surface area contributed by atoms with Gasteiger partial charge in [-0.25, -0.2) is 0 Å². The van der Waals surface area contributed by atoms with Crippen LogP contribution < -0.4 is 0 Å². The summed E-state index contributed by atoms with van der Waals surface area (Å²) < 4.78 is 0. The molecule has 0 heterocycles. The number of hydrogen-bond donors (Lipinski definition) is 1. The molecule has 1 aliphatic carbocycles. The molecule has 1 aromatic rings. The molecule has 3 atom stereocenters. The summed E-state index contributed by atoms with van der Waals surface area (Å²) in [4.78, 5) is 0. The summed E-state index contributed by atoms with van der Waals surface area (Å²) in [6, 6.07) is 8.66. The molecular weight excluding hydrogens is 160 g/mol. The summed E-state index contributed by atoms with van der Waals surface area (Å²) in [5.41, 5.74) is 2.69. The van der Waals surface area contributed by atoms with Gasteiger partial charge in [0.1, 0.15) is 0 Å². The maximum absolute atomic E-state index is 9.38. The van der Waals surface area contributed by atoms with Gasteiger partial charge in [0.05, 0.1) is 6.10 Å². The van der Waals surface area contributed by atoms with E-state index >= 15 is 0 Å². The molecule has 0 spiro atoms. The van der Waals surface area contributed by atoms with E-state index in [-0.39, 0.29) is 6.10 Å². The Balaban J connectivity index is 2.08. The third-order valence-electron chi connectivity index (χ3n) is 2.96. The summed E-state index contributed by atoms with van der Waals surface area (Å²) >= 11 is 0. The summed E-state index contributed by atoms with van der Waals surface area (Å²) in [6.45, 7) is 3.99. The van der Waals surface area contributed by atoms with E-state index in [4.69, 9.17) is 0 Å². The number of rotatable bonds is 2. The van der Waals surface area contributed by atoms with Crippen LogP contribution in [0.5, 0.6) is 0 Å². The molecule has 0 saturated heterocycles. The largest absolute Gasteiger partial charge is 0.393 e. The zero-order chi connectivity index (χ0) is 9.42. The van der Waals surface area contributed by atoms with Crippen molar-refractivity contribution in [3.8, 4) is 0 Å². The molecule has 0 unspecified atom stereocenters. The fraction of sp³-hybridized carbons (Fsp3) is 0.500. The number of hydrogen-bond acceptors (Lipinski definition) is 1. The standard InChI is InChI=1S/C12H16O/c1-8-3-5-10(6-4-8)12-7-11(12)9(2)13/h3-6,9,11-13H,7H2,1-2H3/t9-,11+,12-/m1/s1. The Bertz CT molecular complexity index is 286. The van der Waals surface area contributed by atoms with Crippen molar-refractivity contribution in [1.82, 2.24) is 0 Å². The lowest BCUT2D eigenvalue weighted by molar-refractivity contribution is 0.169. The van der Waals surface area contributed by atoms with Crippen LogP contribution in [0.3, 0.4) is 0 Å². The second-order valence-electron chi connectivity index (χ2n) is 4.16. The van der Waals surface area contributed by atoms with E-state index in [1.165, 1.54) is 11.1 Å². The Labute approximate surface area is 79.4 Å². The second kappa shape index (κ2) is 3.15. The van der Waals surface area contributed by atoms with Crippen molar-refractivity contribution in [1.29, 1.82) is 0 Å². The molecular formula is C12H16O. The topological polar surface area (TPSA) is 20.2 Å². The normalized spacial score (nSPS) is 28.5. The van der Waals surface area contributed by atoms with E-state index in [2.05, 4.69) is 31.2 Å². The SMILES string of the molecule is Cc1ccc([C@H]2C[C@H]2[C@@H](C)O)cc1. The third kappa shape index (κ3) is 1.75. The van der Waals surface area contributed by atoms with Crippen molar-refractivity contribution < 1.29 is 5.11 Å². The molecule has 2 rings (SSSR count). The average molecular weight is 176 g/mol. The number of aliphatic hydroxyl groups excluding tert-OH is 1. The van der Waals surface area contributed by atoms with Gasteiger partial charge in [-0.15, -0.1) is 0 Å². The minimum Gasteiger partial charge on any atom is -0.393 e. The van der Waals surface area contributed by atoms with E-state index < -0.39 is 0 Å². The van der Waals surface area contributed by atoms with Crippen molar-refractivity contribution in [2.75, 3.05) is 0 Å². The Kier molecular flexibility index (Phi) is 2.12. The summed E-state index contributed by atoms with van der Waals surface area (Å²) in [7, 11) is 0. The molecule has 1 aliphatic rings. The molecule has 0 aliphatic heterocycles. The highest BCUT2D eigenvalue weighted by Crippen LogP contribution is 2.49. The smallest absolute Gasteiger partial charge is 0.0546 e. The molecule has 0 radical (unpaired) electrons. The molecule has 13 heavy (non-hydrogen) atoms. The number of aryl methyl sites for hydroxylation is 1. The molecule has 1 heteroatoms. The van der Waals surface area contributed by atoms with Crippen LogP contribution in [0.25, 0.3) is 0 Å². The van der Waals surface area contributed by atoms with Crippen LogP contribution in [0.1, 0.15) is 30.4 Å². The monoisotopic (exact) mass is 176 g/mol. The average Bonchev–Trinajstić information content (AvgIpc) is 2.85. The third-order valence-corrected chi connectivity index (χ3v) is 2.96. The first-order valence-electron chi connectivity index (χ1n) is 4.93. The van der Waals surface area contributed by atoms with Crippen LogP contribution >= 0.6 is 0 Å². The lowest BCUT2D eigenvalue weighted by Crippen LogP contribution is -2.03. The summed E-state index contributed by atoms with van der Waals surface area (Å²) in [5, 5.41) is 9.38. The maximum atomic E-state index is 9.38. The first-order chi connectivity index (χ1) is 6.18. The van der Waals surface area contributed by atoms with Crippen LogP contribution in [-0.4, -0.2) is 11.2 Å². The molecule has 0 bridgehead atoms. The highest BCUT2D eigenvalue weighted by molar-refractivity contribution is 5.29. The highest BCUT2D eigenvalue weighted by atomic mass is 16.3. The molecule has 1 aromatic carbocycles. The van der Waals surface area contributed by atoms with Crippen LogP contribution in [-0.2, 0) is 0 Å². The highest BCUT2D eigenvalue weighted by Gasteiger charge is 2.41. The molecule has 1 N–H and O–H groups in total. The van der Waals surface area contributed by atoms with Gasteiger partial charge in [0.2, 0.25) is 0 Å². The van der Waals surface area contributed by atoms with E-state index in [0.29, 0.717) is 11.8 Å². The van der Waals surface area contributed by atoms with Gasteiger partial charge in [0.25, 0.3) is 0 Å². The molecule has 0 aromatic heterocycles. The molecule has 70 valence electrons. The van der Waals surface area contributed by atoms with Crippen LogP contribution in [0.4, 0.5) is 0 Å². The maximum Gasteiger partial charge on any atom is 0.0546 e. The van der Waals surface area contributed by atoms with Crippen molar-refractivity contribution in [3.63, 3.8) is 0 Å². The van der Waals surface area contributed by atoms with Crippen LogP contribution in [0, 0.1) is 12.8 Å². The van der Waals surface area contributed by atoms with Crippen LogP contribution in [0.2, 0.25) is 0 Å². The van der Waals surface area contributed by atoms with Gasteiger partial charge >= 0.3 is 0 Å².